The van der Waals surface area contributed by atoms with Gasteiger partial charge >= 0.3 is 5.97 Å². The van der Waals surface area contributed by atoms with Crippen LogP contribution in [0.4, 0.5) is 0 Å². The summed E-state index contributed by atoms with van der Waals surface area (Å²) in [4.78, 5) is 37.2. The topological polar surface area (TPSA) is 85.6 Å². The number of amides is 1. The molecule has 2 heterocycles. The fourth-order valence-corrected chi connectivity index (χ4v) is 2.80. The molecule has 1 amide bonds. The summed E-state index contributed by atoms with van der Waals surface area (Å²) in [5, 5.41) is 2.61. The van der Waals surface area contributed by atoms with Crippen molar-refractivity contribution in [3.05, 3.63) is 46.0 Å². The summed E-state index contributed by atoms with van der Waals surface area (Å²) in [6.07, 6.45) is 0.605. The number of hydrogen-bond acceptors (Lipinski definition) is 6. The highest BCUT2D eigenvalue weighted by atomic mass is 32.1. The maximum Gasteiger partial charge on any atom is 0.307 e. The first-order chi connectivity index (χ1) is 11.5. The lowest BCUT2D eigenvalue weighted by Gasteiger charge is -2.12. The van der Waals surface area contributed by atoms with Crippen LogP contribution >= 0.6 is 11.3 Å². The Bertz CT molecular complexity index is 704. The van der Waals surface area contributed by atoms with Crippen LogP contribution in [0.1, 0.15) is 40.1 Å². The zero-order valence-corrected chi connectivity index (χ0v) is 14.4. The third-order valence-electron chi connectivity index (χ3n) is 3.27. The fraction of sp³-hybridized carbons (Fsp3) is 0.353. The van der Waals surface area contributed by atoms with Gasteiger partial charge in [0.25, 0.3) is 5.91 Å². The lowest BCUT2D eigenvalue weighted by atomic mass is 10.2. The highest BCUT2D eigenvalue weighted by Crippen LogP contribution is 2.17. The Morgan fingerprint density at radius 2 is 2.04 bits per heavy atom. The number of aryl methyl sites for hydroxylation is 1. The number of thiophene rings is 1. The van der Waals surface area contributed by atoms with Crippen molar-refractivity contribution in [3.63, 3.8) is 0 Å². The van der Waals surface area contributed by atoms with Gasteiger partial charge in [0, 0.05) is 11.3 Å². The number of nitrogens with one attached hydrogen (secondary N) is 1. The van der Waals surface area contributed by atoms with Crippen LogP contribution in [0.5, 0.6) is 0 Å². The maximum absolute atomic E-state index is 11.9. The van der Waals surface area contributed by atoms with Crippen LogP contribution in [-0.4, -0.2) is 23.8 Å². The van der Waals surface area contributed by atoms with Crippen LogP contribution in [0.25, 0.3) is 0 Å². The van der Waals surface area contributed by atoms with Gasteiger partial charge in [-0.3, -0.25) is 14.4 Å². The molecule has 1 N–H and O–H groups in total. The average molecular weight is 349 g/mol. The van der Waals surface area contributed by atoms with Crippen molar-refractivity contribution in [3.8, 4) is 0 Å². The van der Waals surface area contributed by atoms with E-state index in [4.69, 9.17) is 9.15 Å². The molecule has 1 atom stereocenters. The molecule has 128 valence electrons. The van der Waals surface area contributed by atoms with Gasteiger partial charge in [-0.15, -0.1) is 11.3 Å². The minimum atomic E-state index is -0.924. The Hall–Kier alpha value is -2.41. The molecular weight excluding hydrogens is 330 g/mol. The molecule has 6 nitrogen and oxygen atoms in total. The fourth-order valence-electron chi connectivity index (χ4n) is 1.96. The van der Waals surface area contributed by atoms with Gasteiger partial charge < -0.3 is 14.5 Å². The van der Waals surface area contributed by atoms with Crippen LogP contribution in [-0.2, 0) is 20.9 Å². The molecule has 0 aliphatic rings. The second-order valence-electron chi connectivity index (χ2n) is 5.26. The third-order valence-corrected chi connectivity index (χ3v) is 4.31. The summed E-state index contributed by atoms with van der Waals surface area (Å²) in [6.45, 7) is 3.63. The Labute approximate surface area is 143 Å². The molecular formula is C17H19NO5S. The lowest BCUT2D eigenvalue weighted by molar-refractivity contribution is -0.154. The molecule has 0 saturated heterocycles. The first kappa shape index (κ1) is 17.9. The molecule has 7 heteroatoms. The van der Waals surface area contributed by atoms with E-state index in [1.54, 1.807) is 18.2 Å². The molecule has 0 saturated carbocycles. The second-order valence-corrected chi connectivity index (χ2v) is 6.55. The van der Waals surface area contributed by atoms with E-state index in [0.717, 1.165) is 4.88 Å². The molecule has 1 unspecified atom stereocenters. The first-order valence-corrected chi connectivity index (χ1v) is 8.36. The van der Waals surface area contributed by atoms with Crippen molar-refractivity contribution in [2.45, 2.75) is 39.3 Å². The number of rotatable bonds is 8. The molecule has 2 aromatic heterocycles. The number of carbonyl (C=O) groups is 3. The molecule has 0 aromatic carbocycles. The summed E-state index contributed by atoms with van der Waals surface area (Å²) >= 11 is 1.40. The Morgan fingerprint density at radius 1 is 1.25 bits per heavy atom. The summed E-state index contributed by atoms with van der Waals surface area (Å²) in [5.74, 6) is -0.476. The van der Waals surface area contributed by atoms with Crippen LogP contribution in [0.2, 0.25) is 0 Å². The first-order valence-electron chi connectivity index (χ1n) is 7.55. The predicted octanol–water partition coefficient (Wildman–Crippen LogP) is 2.86. The minimum absolute atomic E-state index is 0.0500. The number of hydrogen-bond donors (Lipinski definition) is 1. The van der Waals surface area contributed by atoms with Crippen molar-refractivity contribution in [1.82, 2.24) is 5.32 Å². The molecule has 0 bridgehead atoms. The molecule has 0 aliphatic heterocycles. The van der Waals surface area contributed by atoms with Gasteiger partial charge in [-0.25, -0.2) is 0 Å². The van der Waals surface area contributed by atoms with Gasteiger partial charge in [0.2, 0.25) is 0 Å². The largest absolute Gasteiger partial charge is 0.467 e. The summed E-state index contributed by atoms with van der Waals surface area (Å²) in [5.41, 5.74) is 0. The molecule has 2 aromatic rings. The highest BCUT2D eigenvalue weighted by molar-refractivity contribution is 7.14. The second kappa shape index (κ2) is 8.44. The van der Waals surface area contributed by atoms with Crippen LogP contribution in [0, 0.1) is 6.92 Å². The van der Waals surface area contributed by atoms with Crippen LogP contribution in [0.15, 0.2) is 34.9 Å². The van der Waals surface area contributed by atoms with Gasteiger partial charge in [-0.1, -0.05) is 0 Å². The number of ether oxygens (including phenoxy) is 1. The predicted molar refractivity (Wildman–Crippen MR) is 88.7 cm³/mol. The van der Waals surface area contributed by atoms with E-state index < -0.39 is 18.0 Å². The van der Waals surface area contributed by atoms with Crippen LogP contribution < -0.4 is 5.32 Å². The SMILES string of the molecule is Cc1ccc(C(=O)CCC(=O)OC(C)C(=O)NCc2ccco2)s1. The van der Waals surface area contributed by atoms with E-state index in [0.29, 0.717) is 10.6 Å². The maximum atomic E-state index is 11.9. The molecule has 0 aliphatic carbocycles. The smallest absolute Gasteiger partial charge is 0.307 e. The molecule has 0 fully saturated rings. The van der Waals surface area contributed by atoms with Crippen LogP contribution in [0.3, 0.4) is 0 Å². The Morgan fingerprint density at radius 3 is 2.67 bits per heavy atom. The Balaban J connectivity index is 1.70. The monoisotopic (exact) mass is 349 g/mol. The molecule has 0 spiro atoms. The van der Waals surface area contributed by atoms with E-state index in [9.17, 15) is 14.4 Å². The molecule has 2 rings (SSSR count). The van der Waals surface area contributed by atoms with Crippen molar-refractivity contribution < 1.29 is 23.5 Å². The van der Waals surface area contributed by atoms with Gasteiger partial charge in [-0.2, -0.15) is 0 Å². The average Bonchev–Trinajstić information content (AvgIpc) is 3.21. The standard InChI is InChI=1S/C17H19NO5S/c1-11-5-7-15(24-11)14(19)6-8-16(20)23-12(2)17(21)18-10-13-4-3-9-22-13/h3-5,7,9,12H,6,8,10H2,1-2H3,(H,18,21). The number of carbonyl (C=O) groups excluding carboxylic acids is 3. The van der Waals surface area contributed by atoms with E-state index in [-0.39, 0.29) is 25.2 Å². The van der Waals surface area contributed by atoms with Crippen molar-refractivity contribution >= 4 is 29.0 Å². The van der Waals surface area contributed by atoms with Crippen molar-refractivity contribution in [1.29, 1.82) is 0 Å². The van der Waals surface area contributed by atoms with Gasteiger partial charge in [0.05, 0.1) is 24.1 Å². The lowest BCUT2D eigenvalue weighted by Crippen LogP contribution is -2.35. The summed E-state index contributed by atoms with van der Waals surface area (Å²) in [7, 11) is 0. The number of esters is 1. The zero-order chi connectivity index (χ0) is 17.5. The number of Topliss-reactive ketones (excluding diaryl/α,β-unsaturated/α-hetero) is 1. The normalized spacial score (nSPS) is 11.8. The van der Waals surface area contributed by atoms with E-state index in [1.807, 2.05) is 13.0 Å². The van der Waals surface area contributed by atoms with E-state index >= 15 is 0 Å². The van der Waals surface area contributed by atoms with Gasteiger partial charge in [-0.05, 0) is 38.1 Å². The molecule has 24 heavy (non-hydrogen) atoms. The third kappa shape index (κ3) is 5.34. The van der Waals surface area contributed by atoms with E-state index in [1.165, 1.54) is 24.5 Å². The highest BCUT2D eigenvalue weighted by Gasteiger charge is 2.19. The number of ketones is 1. The molecule has 0 radical (unpaired) electrons. The quantitative estimate of drug-likeness (QED) is 0.585. The van der Waals surface area contributed by atoms with E-state index in [2.05, 4.69) is 5.32 Å². The Kier molecular flexibility index (Phi) is 6.31. The number of furan rings is 1. The van der Waals surface area contributed by atoms with Crippen molar-refractivity contribution in [2.24, 2.45) is 0 Å². The van der Waals surface area contributed by atoms with Gasteiger partial charge in [0.1, 0.15) is 5.76 Å². The van der Waals surface area contributed by atoms with Crippen molar-refractivity contribution in [2.75, 3.05) is 0 Å². The summed E-state index contributed by atoms with van der Waals surface area (Å²) < 4.78 is 10.1. The zero-order valence-electron chi connectivity index (χ0n) is 13.5. The van der Waals surface area contributed by atoms with Gasteiger partial charge in [0.15, 0.2) is 11.9 Å². The minimum Gasteiger partial charge on any atom is -0.467 e. The summed E-state index contributed by atoms with van der Waals surface area (Å²) in [6, 6.07) is 7.06.